The van der Waals surface area contributed by atoms with Crippen LogP contribution in [0.1, 0.15) is 24.4 Å². The molecule has 2 rings (SSSR count). The fourth-order valence-corrected chi connectivity index (χ4v) is 2.23. The van der Waals surface area contributed by atoms with Crippen molar-refractivity contribution in [1.29, 1.82) is 0 Å². The normalized spacial score (nSPS) is 17.9. The van der Waals surface area contributed by atoms with Crippen molar-refractivity contribution >= 4 is 12.4 Å². The smallest absolute Gasteiger partial charge is 0.131 e. The average Bonchev–Trinajstić information content (AvgIpc) is 2.39. The molecule has 0 saturated carbocycles. The van der Waals surface area contributed by atoms with Crippen molar-refractivity contribution in [2.75, 3.05) is 20.3 Å². The third-order valence-electron chi connectivity index (χ3n) is 3.34. The van der Waals surface area contributed by atoms with Gasteiger partial charge in [-0.2, -0.15) is 0 Å². The second-order valence-corrected chi connectivity index (χ2v) is 4.36. The van der Waals surface area contributed by atoms with Gasteiger partial charge in [0.15, 0.2) is 0 Å². The number of halogens is 2. The lowest BCUT2D eigenvalue weighted by molar-refractivity contribution is 0.0580. The van der Waals surface area contributed by atoms with Crippen LogP contribution in [0.2, 0.25) is 0 Å². The highest BCUT2D eigenvalue weighted by atomic mass is 35.5. The lowest BCUT2D eigenvalue weighted by atomic mass is 9.87. The SMILES string of the molecule is COc1ccc([C@H](N)C2CCOCC2)c(F)c1.Cl. The van der Waals surface area contributed by atoms with E-state index >= 15 is 0 Å². The van der Waals surface area contributed by atoms with E-state index in [0.29, 0.717) is 17.2 Å². The van der Waals surface area contributed by atoms with Gasteiger partial charge in [-0.05, 0) is 24.8 Å². The first kappa shape index (κ1) is 15.2. The average molecular weight is 276 g/mol. The molecule has 1 aliphatic heterocycles. The van der Waals surface area contributed by atoms with Crippen LogP contribution in [0.3, 0.4) is 0 Å². The molecule has 1 saturated heterocycles. The maximum atomic E-state index is 13.9. The lowest BCUT2D eigenvalue weighted by Gasteiger charge is -2.28. The van der Waals surface area contributed by atoms with E-state index < -0.39 is 0 Å². The van der Waals surface area contributed by atoms with E-state index in [-0.39, 0.29) is 24.3 Å². The first-order valence-electron chi connectivity index (χ1n) is 5.89. The Morgan fingerprint density at radius 2 is 2.06 bits per heavy atom. The summed E-state index contributed by atoms with van der Waals surface area (Å²) in [7, 11) is 1.52. The van der Waals surface area contributed by atoms with Crippen molar-refractivity contribution in [2.24, 2.45) is 11.7 Å². The van der Waals surface area contributed by atoms with Gasteiger partial charge in [0, 0.05) is 30.9 Å². The molecule has 0 unspecified atom stereocenters. The zero-order valence-corrected chi connectivity index (χ0v) is 11.2. The molecule has 102 valence electrons. The first-order chi connectivity index (χ1) is 8.22. The molecule has 0 radical (unpaired) electrons. The summed E-state index contributed by atoms with van der Waals surface area (Å²) in [4.78, 5) is 0. The molecule has 0 spiro atoms. The molecule has 0 bridgehead atoms. The minimum atomic E-state index is -0.289. The second-order valence-electron chi connectivity index (χ2n) is 4.36. The summed E-state index contributed by atoms with van der Waals surface area (Å²) >= 11 is 0. The van der Waals surface area contributed by atoms with Crippen molar-refractivity contribution in [1.82, 2.24) is 0 Å². The summed E-state index contributed by atoms with van der Waals surface area (Å²) in [6.45, 7) is 1.44. The maximum Gasteiger partial charge on any atom is 0.131 e. The zero-order chi connectivity index (χ0) is 12.3. The number of rotatable bonds is 3. The Morgan fingerprint density at radius 3 is 2.61 bits per heavy atom. The monoisotopic (exact) mass is 275 g/mol. The fraction of sp³-hybridized carbons (Fsp3) is 0.538. The van der Waals surface area contributed by atoms with Crippen LogP contribution in [0.15, 0.2) is 18.2 Å². The van der Waals surface area contributed by atoms with E-state index in [1.165, 1.54) is 13.2 Å². The minimum absolute atomic E-state index is 0. The standard InChI is InChI=1S/C13H18FNO2.ClH/c1-16-10-2-3-11(12(14)8-10)13(15)9-4-6-17-7-5-9;/h2-3,8-9,13H,4-7,15H2,1H3;1H/t13-;/m1./s1. The molecule has 1 aromatic rings. The van der Waals surface area contributed by atoms with Crippen molar-refractivity contribution in [3.63, 3.8) is 0 Å². The third-order valence-corrected chi connectivity index (χ3v) is 3.34. The Hall–Kier alpha value is -0.840. The zero-order valence-electron chi connectivity index (χ0n) is 10.4. The predicted molar refractivity (Wildman–Crippen MR) is 70.7 cm³/mol. The van der Waals surface area contributed by atoms with E-state index in [1.807, 2.05) is 0 Å². The number of nitrogens with two attached hydrogens (primary N) is 1. The van der Waals surface area contributed by atoms with Gasteiger partial charge in [-0.3, -0.25) is 0 Å². The van der Waals surface area contributed by atoms with Gasteiger partial charge in [-0.15, -0.1) is 12.4 Å². The van der Waals surface area contributed by atoms with Gasteiger partial charge in [-0.1, -0.05) is 6.07 Å². The summed E-state index contributed by atoms with van der Waals surface area (Å²) in [5.74, 6) is 0.528. The summed E-state index contributed by atoms with van der Waals surface area (Å²) in [6.07, 6.45) is 1.79. The van der Waals surface area contributed by atoms with Gasteiger partial charge in [0.25, 0.3) is 0 Å². The fourth-order valence-electron chi connectivity index (χ4n) is 2.23. The van der Waals surface area contributed by atoms with Crippen molar-refractivity contribution in [3.05, 3.63) is 29.6 Å². The summed E-state index contributed by atoms with van der Waals surface area (Å²) in [5, 5.41) is 0. The van der Waals surface area contributed by atoms with Crippen LogP contribution in [0.4, 0.5) is 4.39 Å². The molecule has 0 aromatic heterocycles. The number of methoxy groups -OCH3 is 1. The number of hydrogen-bond acceptors (Lipinski definition) is 3. The Labute approximate surface area is 113 Å². The summed E-state index contributed by atoms with van der Waals surface area (Å²) in [6, 6.07) is 4.59. The Balaban J connectivity index is 0.00000162. The molecule has 18 heavy (non-hydrogen) atoms. The molecular weight excluding hydrogens is 257 g/mol. The quantitative estimate of drug-likeness (QED) is 0.922. The number of hydrogen-bond donors (Lipinski definition) is 1. The molecule has 1 heterocycles. The molecule has 1 aromatic carbocycles. The van der Waals surface area contributed by atoms with E-state index in [1.54, 1.807) is 12.1 Å². The van der Waals surface area contributed by atoms with Crippen LogP contribution < -0.4 is 10.5 Å². The molecule has 0 aliphatic carbocycles. The van der Waals surface area contributed by atoms with Gasteiger partial charge >= 0.3 is 0 Å². The van der Waals surface area contributed by atoms with Crippen molar-refractivity contribution in [2.45, 2.75) is 18.9 Å². The molecule has 3 nitrogen and oxygen atoms in total. The van der Waals surface area contributed by atoms with E-state index in [0.717, 1.165) is 26.1 Å². The van der Waals surface area contributed by atoms with Gasteiger partial charge in [0.05, 0.1) is 7.11 Å². The lowest BCUT2D eigenvalue weighted by Crippen LogP contribution is -2.28. The van der Waals surface area contributed by atoms with Crippen LogP contribution in [-0.4, -0.2) is 20.3 Å². The molecule has 1 atom stereocenters. The molecular formula is C13H19ClFNO2. The predicted octanol–water partition coefficient (Wildman–Crippen LogP) is 2.68. The summed E-state index contributed by atoms with van der Waals surface area (Å²) < 4.78 is 24.1. The number of benzene rings is 1. The number of ether oxygens (including phenoxy) is 2. The van der Waals surface area contributed by atoms with E-state index in [4.69, 9.17) is 15.2 Å². The molecule has 0 amide bonds. The molecule has 5 heteroatoms. The minimum Gasteiger partial charge on any atom is -0.497 e. The highest BCUT2D eigenvalue weighted by Gasteiger charge is 2.24. The van der Waals surface area contributed by atoms with Gasteiger partial charge in [0.2, 0.25) is 0 Å². The van der Waals surface area contributed by atoms with Gasteiger partial charge < -0.3 is 15.2 Å². The van der Waals surface area contributed by atoms with Crippen LogP contribution in [0, 0.1) is 11.7 Å². The van der Waals surface area contributed by atoms with Gasteiger partial charge in [-0.25, -0.2) is 4.39 Å². The molecule has 1 aliphatic rings. The first-order valence-corrected chi connectivity index (χ1v) is 5.89. The Bertz CT molecular complexity index is 383. The topological polar surface area (TPSA) is 44.5 Å². The largest absolute Gasteiger partial charge is 0.497 e. The van der Waals surface area contributed by atoms with Crippen molar-refractivity contribution < 1.29 is 13.9 Å². The highest BCUT2D eigenvalue weighted by molar-refractivity contribution is 5.85. The van der Waals surface area contributed by atoms with Crippen LogP contribution in [0.5, 0.6) is 5.75 Å². The highest BCUT2D eigenvalue weighted by Crippen LogP contribution is 2.30. The van der Waals surface area contributed by atoms with Crippen molar-refractivity contribution in [3.8, 4) is 5.75 Å². The van der Waals surface area contributed by atoms with E-state index in [9.17, 15) is 4.39 Å². The van der Waals surface area contributed by atoms with Crippen LogP contribution in [0.25, 0.3) is 0 Å². The Kier molecular flexibility index (Phi) is 5.85. The second kappa shape index (κ2) is 6.92. The molecule has 2 N–H and O–H groups in total. The molecule has 1 fully saturated rings. The van der Waals surface area contributed by atoms with Gasteiger partial charge in [0.1, 0.15) is 11.6 Å². The third kappa shape index (κ3) is 3.34. The Morgan fingerprint density at radius 1 is 1.39 bits per heavy atom. The maximum absolute atomic E-state index is 13.9. The van der Waals surface area contributed by atoms with Crippen LogP contribution >= 0.6 is 12.4 Å². The van der Waals surface area contributed by atoms with Crippen LogP contribution in [-0.2, 0) is 4.74 Å². The van der Waals surface area contributed by atoms with E-state index in [2.05, 4.69) is 0 Å². The summed E-state index contributed by atoms with van der Waals surface area (Å²) in [5.41, 5.74) is 6.69.